The van der Waals surface area contributed by atoms with Gasteiger partial charge in [-0.2, -0.15) is 0 Å². The van der Waals surface area contributed by atoms with Crippen molar-refractivity contribution >= 4 is 0 Å². The van der Waals surface area contributed by atoms with E-state index in [2.05, 4.69) is 17.1 Å². The molecule has 0 amide bonds. The molecule has 0 bridgehead atoms. The van der Waals surface area contributed by atoms with Crippen molar-refractivity contribution in [1.82, 2.24) is 10.2 Å². The van der Waals surface area contributed by atoms with Gasteiger partial charge in [-0.25, -0.2) is 8.78 Å². The van der Waals surface area contributed by atoms with E-state index in [1.54, 1.807) is 6.07 Å². The van der Waals surface area contributed by atoms with Gasteiger partial charge >= 0.3 is 0 Å². The highest BCUT2D eigenvalue weighted by atomic mass is 19.1. The summed E-state index contributed by atoms with van der Waals surface area (Å²) in [6.07, 6.45) is 1.07. The lowest BCUT2D eigenvalue weighted by Gasteiger charge is -2.28. The fraction of sp³-hybridized carbons (Fsp3) is 0.571. The first kappa shape index (κ1) is 13.4. The zero-order chi connectivity index (χ0) is 13.0. The summed E-state index contributed by atoms with van der Waals surface area (Å²) in [5, 5.41) is 3.39. The van der Waals surface area contributed by atoms with Crippen molar-refractivity contribution in [3.63, 3.8) is 0 Å². The molecule has 1 atom stereocenters. The van der Waals surface area contributed by atoms with Crippen LogP contribution in [0.15, 0.2) is 18.2 Å². The second kappa shape index (κ2) is 6.25. The molecular formula is C14H20F2N2. The van der Waals surface area contributed by atoms with E-state index in [-0.39, 0.29) is 0 Å². The first-order chi connectivity index (χ1) is 8.65. The van der Waals surface area contributed by atoms with Gasteiger partial charge < -0.3 is 5.32 Å². The van der Waals surface area contributed by atoms with E-state index >= 15 is 0 Å². The van der Waals surface area contributed by atoms with Gasteiger partial charge in [0.15, 0.2) is 0 Å². The van der Waals surface area contributed by atoms with E-state index in [9.17, 15) is 8.78 Å². The second-order valence-corrected chi connectivity index (χ2v) is 5.13. The van der Waals surface area contributed by atoms with Crippen molar-refractivity contribution in [1.29, 1.82) is 0 Å². The number of hydrogen-bond donors (Lipinski definition) is 1. The lowest BCUT2D eigenvalue weighted by atomic mass is 10.1. The van der Waals surface area contributed by atoms with Crippen LogP contribution in [0.4, 0.5) is 8.78 Å². The minimum absolute atomic E-state index is 0.442. The minimum Gasteiger partial charge on any atom is -0.316 e. The van der Waals surface area contributed by atoms with Crippen molar-refractivity contribution in [2.45, 2.75) is 19.9 Å². The predicted molar refractivity (Wildman–Crippen MR) is 68.3 cm³/mol. The molecule has 0 radical (unpaired) electrons. The van der Waals surface area contributed by atoms with Gasteiger partial charge in [-0.05, 0) is 38.0 Å². The maximum Gasteiger partial charge on any atom is 0.130 e. The van der Waals surface area contributed by atoms with Crippen LogP contribution in [-0.4, -0.2) is 31.1 Å². The molecule has 1 aromatic rings. The maximum absolute atomic E-state index is 13.6. The van der Waals surface area contributed by atoms with Gasteiger partial charge in [-0.1, -0.05) is 13.0 Å². The van der Waals surface area contributed by atoms with Crippen molar-refractivity contribution in [2.75, 3.05) is 26.2 Å². The largest absolute Gasteiger partial charge is 0.316 e. The first-order valence-electron chi connectivity index (χ1n) is 6.52. The molecule has 0 saturated carbocycles. The molecule has 18 heavy (non-hydrogen) atoms. The SMILES string of the molecule is CC1CNCCCN(Cc2ccc(F)cc2F)C1. The van der Waals surface area contributed by atoms with Crippen LogP contribution in [0.2, 0.25) is 0 Å². The van der Waals surface area contributed by atoms with E-state index in [0.717, 1.165) is 38.7 Å². The molecule has 1 aromatic carbocycles. The molecule has 100 valence electrons. The van der Waals surface area contributed by atoms with E-state index in [1.807, 2.05) is 0 Å². The van der Waals surface area contributed by atoms with E-state index in [0.29, 0.717) is 18.0 Å². The molecule has 1 aliphatic heterocycles. The van der Waals surface area contributed by atoms with Gasteiger partial charge in [0.05, 0.1) is 0 Å². The Morgan fingerprint density at radius 1 is 1.39 bits per heavy atom. The monoisotopic (exact) mass is 254 g/mol. The van der Waals surface area contributed by atoms with Crippen molar-refractivity contribution in [3.8, 4) is 0 Å². The van der Waals surface area contributed by atoms with Crippen molar-refractivity contribution in [3.05, 3.63) is 35.4 Å². The van der Waals surface area contributed by atoms with Crippen LogP contribution in [0, 0.1) is 17.6 Å². The second-order valence-electron chi connectivity index (χ2n) is 5.13. The summed E-state index contributed by atoms with van der Waals surface area (Å²) in [6.45, 7) is 6.66. The van der Waals surface area contributed by atoms with Gasteiger partial charge in [0.1, 0.15) is 11.6 Å². The summed E-state index contributed by atoms with van der Waals surface area (Å²) in [7, 11) is 0. The molecule has 0 aromatic heterocycles. The molecule has 1 saturated heterocycles. The lowest BCUT2D eigenvalue weighted by Crippen LogP contribution is -2.38. The van der Waals surface area contributed by atoms with Crippen LogP contribution in [0.1, 0.15) is 18.9 Å². The summed E-state index contributed by atoms with van der Waals surface area (Å²) in [5.41, 5.74) is 0.581. The van der Waals surface area contributed by atoms with Crippen LogP contribution >= 0.6 is 0 Å². The van der Waals surface area contributed by atoms with Gasteiger partial charge in [-0.15, -0.1) is 0 Å². The Morgan fingerprint density at radius 3 is 3.00 bits per heavy atom. The standard InChI is InChI=1S/C14H20F2N2/c1-11-8-17-5-2-6-18(9-11)10-12-3-4-13(15)7-14(12)16/h3-4,7,11,17H,2,5-6,8-10H2,1H3. The number of halogens is 2. The number of benzene rings is 1. The number of nitrogens with one attached hydrogen (secondary N) is 1. The Bertz CT molecular complexity index is 395. The maximum atomic E-state index is 13.6. The third kappa shape index (κ3) is 3.75. The molecule has 0 spiro atoms. The zero-order valence-corrected chi connectivity index (χ0v) is 10.8. The molecule has 1 fully saturated rings. The Labute approximate surface area is 107 Å². The van der Waals surface area contributed by atoms with Crippen LogP contribution in [-0.2, 0) is 6.54 Å². The van der Waals surface area contributed by atoms with Gasteiger partial charge in [-0.3, -0.25) is 4.90 Å². The Morgan fingerprint density at radius 2 is 2.22 bits per heavy atom. The molecule has 4 heteroatoms. The summed E-state index contributed by atoms with van der Waals surface area (Å²) in [5.74, 6) is -0.405. The van der Waals surface area contributed by atoms with E-state index in [1.165, 1.54) is 6.07 Å². The van der Waals surface area contributed by atoms with Crippen LogP contribution in [0.3, 0.4) is 0 Å². The smallest absolute Gasteiger partial charge is 0.130 e. The van der Waals surface area contributed by atoms with Gasteiger partial charge in [0.2, 0.25) is 0 Å². The normalized spacial score (nSPS) is 22.5. The summed E-state index contributed by atoms with van der Waals surface area (Å²) in [4.78, 5) is 2.25. The first-order valence-corrected chi connectivity index (χ1v) is 6.52. The van der Waals surface area contributed by atoms with Crippen molar-refractivity contribution < 1.29 is 8.78 Å². The number of nitrogens with zero attached hydrogens (tertiary/aromatic N) is 1. The Kier molecular flexibility index (Phi) is 4.66. The summed E-state index contributed by atoms with van der Waals surface area (Å²) in [6, 6.07) is 3.84. The van der Waals surface area contributed by atoms with Crippen molar-refractivity contribution in [2.24, 2.45) is 5.92 Å². The fourth-order valence-electron chi connectivity index (χ4n) is 2.41. The molecule has 1 heterocycles. The molecular weight excluding hydrogens is 234 g/mol. The van der Waals surface area contributed by atoms with Crippen LogP contribution in [0.25, 0.3) is 0 Å². The summed E-state index contributed by atoms with van der Waals surface area (Å²) >= 11 is 0. The van der Waals surface area contributed by atoms with Crippen LogP contribution in [0.5, 0.6) is 0 Å². The minimum atomic E-state index is -0.513. The molecule has 2 rings (SSSR count). The summed E-state index contributed by atoms with van der Waals surface area (Å²) < 4.78 is 26.5. The number of hydrogen-bond acceptors (Lipinski definition) is 2. The third-order valence-corrected chi connectivity index (χ3v) is 3.30. The topological polar surface area (TPSA) is 15.3 Å². The van der Waals surface area contributed by atoms with E-state index < -0.39 is 11.6 Å². The Hall–Kier alpha value is -1.00. The van der Waals surface area contributed by atoms with Gasteiger partial charge in [0, 0.05) is 24.7 Å². The third-order valence-electron chi connectivity index (χ3n) is 3.30. The quantitative estimate of drug-likeness (QED) is 0.872. The average Bonchev–Trinajstić information content (AvgIpc) is 2.29. The average molecular weight is 254 g/mol. The highest BCUT2D eigenvalue weighted by Crippen LogP contribution is 2.14. The Balaban J connectivity index is 2.01. The highest BCUT2D eigenvalue weighted by molar-refractivity contribution is 5.18. The fourth-order valence-corrected chi connectivity index (χ4v) is 2.41. The van der Waals surface area contributed by atoms with Gasteiger partial charge in [0.25, 0.3) is 0 Å². The molecule has 1 unspecified atom stereocenters. The molecule has 1 N–H and O–H groups in total. The lowest BCUT2D eigenvalue weighted by molar-refractivity contribution is 0.206. The molecule has 1 aliphatic rings. The number of rotatable bonds is 2. The predicted octanol–water partition coefficient (Wildman–Crippen LogP) is 2.40. The van der Waals surface area contributed by atoms with Crippen LogP contribution < -0.4 is 5.32 Å². The van der Waals surface area contributed by atoms with E-state index in [4.69, 9.17) is 0 Å². The molecule has 0 aliphatic carbocycles. The molecule has 2 nitrogen and oxygen atoms in total. The highest BCUT2D eigenvalue weighted by Gasteiger charge is 2.15. The zero-order valence-electron chi connectivity index (χ0n) is 10.8.